The molecule has 0 aliphatic carbocycles. The fourth-order valence-electron chi connectivity index (χ4n) is 2.52. The van der Waals surface area contributed by atoms with Crippen LogP contribution in [-0.4, -0.2) is 30.1 Å². The van der Waals surface area contributed by atoms with Gasteiger partial charge in [0.15, 0.2) is 0 Å². The van der Waals surface area contributed by atoms with E-state index in [2.05, 4.69) is 36.2 Å². The van der Waals surface area contributed by atoms with Crippen LogP contribution in [0.1, 0.15) is 32.3 Å². The number of nitrogens with one attached hydrogen (secondary N) is 1. The number of halogens is 1. The van der Waals surface area contributed by atoms with Crippen molar-refractivity contribution in [1.29, 1.82) is 0 Å². The standard InChI is InChI=1S/C15H23ClN2/c1-3-15-11-18(12(2)8-9-17-15)10-13-4-6-14(16)7-5-13/h4-7,12,15,17H,3,8-11H2,1-2H3. The van der Waals surface area contributed by atoms with Gasteiger partial charge in [-0.3, -0.25) is 4.90 Å². The van der Waals surface area contributed by atoms with Crippen LogP contribution in [0.25, 0.3) is 0 Å². The fourth-order valence-corrected chi connectivity index (χ4v) is 2.65. The van der Waals surface area contributed by atoms with Crippen molar-refractivity contribution in [2.45, 2.75) is 45.3 Å². The van der Waals surface area contributed by atoms with Crippen LogP contribution >= 0.6 is 11.6 Å². The van der Waals surface area contributed by atoms with Gasteiger partial charge in [0.2, 0.25) is 0 Å². The first kappa shape index (κ1) is 13.9. The summed E-state index contributed by atoms with van der Waals surface area (Å²) in [5, 5.41) is 4.44. The molecule has 2 unspecified atom stereocenters. The Labute approximate surface area is 115 Å². The first-order valence-corrected chi connectivity index (χ1v) is 7.28. The molecule has 0 saturated carbocycles. The molecule has 2 rings (SSSR count). The van der Waals surface area contributed by atoms with Gasteiger partial charge in [-0.15, -0.1) is 0 Å². The van der Waals surface area contributed by atoms with Crippen molar-refractivity contribution in [2.24, 2.45) is 0 Å². The van der Waals surface area contributed by atoms with E-state index in [1.807, 2.05) is 12.1 Å². The first-order chi connectivity index (χ1) is 8.69. The topological polar surface area (TPSA) is 15.3 Å². The summed E-state index contributed by atoms with van der Waals surface area (Å²) in [6, 6.07) is 9.50. The molecule has 3 heteroatoms. The molecule has 0 aromatic heterocycles. The van der Waals surface area contributed by atoms with Crippen LogP contribution in [0.15, 0.2) is 24.3 Å². The Morgan fingerprint density at radius 3 is 2.72 bits per heavy atom. The lowest BCUT2D eigenvalue weighted by atomic mass is 10.1. The van der Waals surface area contributed by atoms with Crippen molar-refractivity contribution >= 4 is 11.6 Å². The zero-order chi connectivity index (χ0) is 13.0. The molecule has 1 N–H and O–H groups in total. The Morgan fingerprint density at radius 2 is 2.06 bits per heavy atom. The van der Waals surface area contributed by atoms with E-state index in [0.717, 1.165) is 24.7 Å². The second-order valence-electron chi connectivity index (χ2n) is 5.25. The first-order valence-electron chi connectivity index (χ1n) is 6.91. The lowest BCUT2D eigenvalue weighted by Gasteiger charge is -2.28. The van der Waals surface area contributed by atoms with E-state index in [1.54, 1.807) is 0 Å². The molecule has 1 aromatic rings. The summed E-state index contributed by atoms with van der Waals surface area (Å²) >= 11 is 5.93. The van der Waals surface area contributed by atoms with Crippen LogP contribution in [0.5, 0.6) is 0 Å². The van der Waals surface area contributed by atoms with Gasteiger partial charge < -0.3 is 5.32 Å². The third-order valence-corrected chi connectivity index (χ3v) is 4.12. The fraction of sp³-hybridized carbons (Fsp3) is 0.600. The summed E-state index contributed by atoms with van der Waals surface area (Å²) in [4.78, 5) is 2.58. The van der Waals surface area contributed by atoms with Gasteiger partial charge in [0.1, 0.15) is 0 Å². The van der Waals surface area contributed by atoms with Crippen LogP contribution in [-0.2, 0) is 6.54 Å². The quantitative estimate of drug-likeness (QED) is 0.903. The highest BCUT2D eigenvalue weighted by molar-refractivity contribution is 6.30. The van der Waals surface area contributed by atoms with Crippen LogP contribution in [0.4, 0.5) is 0 Å². The van der Waals surface area contributed by atoms with Crippen LogP contribution in [0.3, 0.4) is 0 Å². The SMILES string of the molecule is CCC1CN(Cc2ccc(Cl)cc2)C(C)CCN1. The molecule has 1 aliphatic rings. The van der Waals surface area contributed by atoms with E-state index in [-0.39, 0.29) is 0 Å². The van der Waals surface area contributed by atoms with E-state index in [0.29, 0.717) is 12.1 Å². The highest BCUT2D eigenvalue weighted by Gasteiger charge is 2.21. The summed E-state index contributed by atoms with van der Waals surface area (Å²) in [5.74, 6) is 0. The summed E-state index contributed by atoms with van der Waals surface area (Å²) in [5.41, 5.74) is 1.35. The summed E-state index contributed by atoms with van der Waals surface area (Å²) in [7, 11) is 0. The predicted molar refractivity (Wildman–Crippen MR) is 78.0 cm³/mol. The normalized spacial score (nSPS) is 25.9. The van der Waals surface area contributed by atoms with E-state index in [9.17, 15) is 0 Å². The molecule has 1 saturated heterocycles. The average molecular weight is 267 g/mol. The smallest absolute Gasteiger partial charge is 0.0406 e. The molecular formula is C15H23ClN2. The minimum atomic E-state index is 0.627. The van der Waals surface area contributed by atoms with Crippen LogP contribution in [0, 0.1) is 0 Å². The van der Waals surface area contributed by atoms with Crippen molar-refractivity contribution in [1.82, 2.24) is 10.2 Å². The molecule has 0 amide bonds. The van der Waals surface area contributed by atoms with Crippen molar-refractivity contribution in [3.05, 3.63) is 34.9 Å². The molecule has 0 radical (unpaired) electrons. The van der Waals surface area contributed by atoms with Gasteiger partial charge in [0.25, 0.3) is 0 Å². The lowest BCUT2D eigenvalue weighted by Crippen LogP contribution is -2.39. The number of hydrogen-bond acceptors (Lipinski definition) is 2. The van der Waals surface area contributed by atoms with Crippen molar-refractivity contribution in [3.8, 4) is 0 Å². The third kappa shape index (κ3) is 3.71. The van der Waals surface area contributed by atoms with Gasteiger partial charge in [0, 0.05) is 30.2 Å². The molecule has 0 spiro atoms. The highest BCUT2D eigenvalue weighted by Crippen LogP contribution is 2.16. The second kappa shape index (κ2) is 6.55. The van der Waals surface area contributed by atoms with Gasteiger partial charge in [0.05, 0.1) is 0 Å². The molecule has 1 aliphatic heterocycles. The Bertz CT molecular complexity index is 363. The minimum absolute atomic E-state index is 0.627. The zero-order valence-corrected chi connectivity index (χ0v) is 12.1. The van der Waals surface area contributed by atoms with Crippen LogP contribution < -0.4 is 5.32 Å². The van der Waals surface area contributed by atoms with Crippen molar-refractivity contribution in [3.63, 3.8) is 0 Å². The molecule has 1 fully saturated rings. The van der Waals surface area contributed by atoms with Crippen molar-refractivity contribution in [2.75, 3.05) is 13.1 Å². The number of hydrogen-bond donors (Lipinski definition) is 1. The van der Waals surface area contributed by atoms with E-state index in [1.165, 1.54) is 18.4 Å². The Hall–Kier alpha value is -0.570. The molecule has 1 heterocycles. The number of nitrogens with zero attached hydrogens (tertiary/aromatic N) is 1. The van der Waals surface area contributed by atoms with Gasteiger partial charge in [-0.25, -0.2) is 0 Å². The monoisotopic (exact) mass is 266 g/mol. The predicted octanol–water partition coefficient (Wildman–Crippen LogP) is 3.30. The molecular weight excluding hydrogens is 244 g/mol. The zero-order valence-electron chi connectivity index (χ0n) is 11.3. The van der Waals surface area contributed by atoms with Gasteiger partial charge >= 0.3 is 0 Å². The van der Waals surface area contributed by atoms with E-state index < -0.39 is 0 Å². The number of rotatable bonds is 3. The maximum atomic E-state index is 5.93. The largest absolute Gasteiger partial charge is 0.313 e. The molecule has 0 bridgehead atoms. The van der Waals surface area contributed by atoms with Crippen molar-refractivity contribution < 1.29 is 0 Å². The van der Waals surface area contributed by atoms with Crippen LogP contribution in [0.2, 0.25) is 5.02 Å². The molecule has 2 atom stereocenters. The number of benzene rings is 1. The van der Waals surface area contributed by atoms with Gasteiger partial charge in [-0.1, -0.05) is 30.7 Å². The van der Waals surface area contributed by atoms with Gasteiger partial charge in [-0.05, 0) is 44.0 Å². The lowest BCUT2D eigenvalue weighted by molar-refractivity contribution is 0.194. The summed E-state index contributed by atoms with van der Waals surface area (Å²) < 4.78 is 0. The maximum Gasteiger partial charge on any atom is 0.0406 e. The summed E-state index contributed by atoms with van der Waals surface area (Å²) in [6.07, 6.45) is 2.42. The molecule has 1 aromatic carbocycles. The van der Waals surface area contributed by atoms with E-state index in [4.69, 9.17) is 11.6 Å². The average Bonchev–Trinajstić information content (AvgIpc) is 2.55. The molecule has 100 valence electrons. The minimum Gasteiger partial charge on any atom is -0.313 e. The van der Waals surface area contributed by atoms with Gasteiger partial charge in [-0.2, -0.15) is 0 Å². The van der Waals surface area contributed by atoms with E-state index >= 15 is 0 Å². The maximum absolute atomic E-state index is 5.93. The molecule has 2 nitrogen and oxygen atoms in total. The Kier molecular flexibility index (Phi) is 5.04. The second-order valence-corrected chi connectivity index (χ2v) is 5.69. The Balaban J connectivity index is 2.02. The molecule has 18 heavy (non-hydrogen) atoms. The highest BCUT2D eigenvalue weighted by atomic mass is 35.5. The third-order valence-electron chi connectivity index (χ3n) is 3.87. The Morgan fingerprint density at radius 1 is 1.33 bits per heavy atom. The summed E-state index contributed by atoms with van der Waals surface area (Å²) in [6.45, 7) is 7.89.